The average molecular weight is 280 g/mol. The smallest absolute Gasteiger partial charge is 0.239 e. The van der Waals surface area contributed by atoms with E-state index in [1.54, 1.807) is 19.1 Å². The fourth-order valence-corrected chi connectivity index (χ4v) is 2.41. The molecule has 0 radical (unpaired) electrons. The number of amides is 1. The third kappa shape index (κ3) is 4.11. The molecule has 2 rings (SSSR count). The van der Waals surface area contributed by atoms with Gasteiger partial charge in [0.25, 0.3) is 0 Å². The first kappa shape index (κ1) is 14.6. The highest BCUT2D eigenvalue weighted by atomic mass is 19.1. The number of ether oxygens (including phenoxy) is 1. The first-order valence-electron chi connectivity index (χ1n) is 7.14. The molecule has 20 heavy (non-hydrogen) atoms. The van der Waals surface area contributed by atoms with Crippen molar-refractivity contribution < 1.29 is 13.9 Å². The molecule has 1 fully saturated rings. The van der Waals surface area contributed by atoms with Crippen LogP contribution >= 0.6 is 0 Å². The van der Waals surface area contributed by atoms with Gasteiger partial charge >= 0.3 is 0 Å². The summed E-state index contributed by atoms with van der Waals surface area (Å²) in [5.41, 5.74) is 0.576. The average Bonchev–Trinajstić information content (AvgIpc) is 2.92. The Bertz CT molecular complexity index is 459. The van der Waals surface area contributed by atoms with Crippen molar-refractivity contribution in [3.05, 3.63) is 24.0 Å². The summed E-state index contributed by atoms with van der Waals surface area (Å²) in [6, 6.07) is 4.92. The molecule has 4 nitrogen and oxygen atoms in total. The number of carbonyl (C=O) groups is 1. The summed E-state index contributed by atoms with van der Waals surface area (Å²) in [5.74, 6) is -0.243. The molecule has 110 valence electrons. The van der Waals surface area contributed by atoms with Crippen molar-refractivity contribution >= 4 is 11.6 Å². The van der Waals surface area contributed by atoms with Crippen LogP contribution in [0.3, 0.4) is 0 Å². The van der Waals surface area contributed by atoms with Gasteiger partial charge in [-0.2, -0.15) is 0 Å². The first-order chi connectivity index (χ1) is 9.69. The van der Waals surface area contributed by atoms with Crippen LogP contribution < -0.4 is 15.4 Å². The van der Waals surface area contributed by atoms with Crippen LogP contribution in [0.5, 0.6) is 5.75 Å². The van der Waals surface area contributed by atoms with E-state index in [4.69, 9.17) is 4.74 Å². The molecule has 1 amide bonds. The largest absolute Gasteiger partial charge is 0.491 e. The van der Waals surface area contributed by atoms with Crippen LogP contribution in [0, 0.1) is 5.82 Å². The van der Waals surface area contributed by atoms with E-state index in [2.05, 4.69) is 10.6 Å². The maximum Gasteiger partial charge on any atom is 0.239 e. The lowest BCUT2D eigenvalue weighted by Gasteiger charge is -2.13. The third-order valence-electron chi connectivity index (χ3n) is 3.41. The fourth-order valence-electron chi connectivity index (χ4n) is 2.41. The van der Waals surface area contributed by atoms with Crippen LogP contribution in [0.15, 0.2) is 18.2 Å². The summed E-state index contributed by atoms with van der Waals surface area (Å²) in [4.78, 5) is 11.7. The van der Waals surface area contributed by atoms with Crippen molar-refractivity contribution in [2.45, 2.75) is 38.6 Å². The van der Waals surface area contributed by atoms with Crippen LogP contribution in [0.25, 0.3) is 0 Å². The molecule has 0 unspecified atom stereocenters. The predicted molar refractivity (Wildman–Crippen MR) is 76.5 cm³/mol. The van der Waals surface area contributed by atoms with Crippen LogP contribution in [0.2, 0.25) is 0 Å². The second-order valence-corrected chi connectivity index (χ2v) is 4.98. The van der Waals surface area contributed by atoms with E-state index in [-0.39, 0.29) is 18.2 Å². The highest BCUT2D eigenvalue weighted by molar-refractivity contribution is 5.81. The van der Waals surface area contributed by atoms with Gasteiger partial charge in [0.15, 0.2) is 11.6 Å². The minimum atomic E-state index is -0.423. The molecule has 1 saturated carbocycles. The number of nitrogens with one attached hydrogen (secondary N) is 2. The number of hydrogen-bond acceptors (Lipinski definition) is 3. The second kappa shape index (κ2) is 7.12. The monoisotopic (exact) mass is 280 g/mol. The van der Waals surface area contributed by atoms with Crippen molar-refractivity contribution in [2.75, 3.05) is 18.5 Å². The van der Waals surface area contributed by atoms with Crippen LogP contribution in [-0.2, 0) is 4.79 Å². The Morgan fingerprint density at radius 3 is 2.80 bits per heavy atom. The standard InChI is InChI=1S/C15H21FN2O2/c1-2-20-14-8-7-12(9-13(14)16)17-10-15(19)18-11-5-3-4-6-11/h7-9,11,17H,2-6,10H2,1H3,(H,18,19). The lowest BCUT2D eigenvalue weighted by atomic mass is 10.2. The maximum absolute atomic E-state index is 13.6. The van der Waals surface area contributed by atoms with E-state index in [1.165, 1.54) is 18.9 Å². The lowest BCUT2D eigenvalue weighted by molar-refractivity contribution is -0.120. The van der Waals surface area contributed by atoms with Crippen LogP contribution in [0.1, 0.15) is 32.6 Å². The van der Waals surface area contributed by atoms with Crippen LogP contribution in [-0.4, -0.2) is 25.1 Å². The predicted octanol–water partition coefficient (Wildman–Crippen LogP) is 2.70. The van der Waals surface area contributed by atoms with E-state index in [9.17, 15) is 9.18 Å². The number of carbonyl (C=O) groups excluding carboxylic acids is 1. The Kier molecular flexibility index (Phi) is 5.21. The van der Waals surface area contributed by atoms with Gasteiger partial charge < -0.3 is 15.4 Å². The summed E-state index contributed by atoms with van der Waals surface area (Å²) < 4.78 is 18.7. The molecule has 0 heterocycles. The molecule has 0 bridgehead atoms. The fraction of sp³-hybridized carbons (Fsp3) is 0.533. The number of hydrogen-bond donors (Lipinski definition) is 2. The molecule has 0 saturated heterocycles. The van der Waals surface area contributed by atoms with E-state index in [0.29, 0.717) is 18.3 Å². The molecule has 5 heteroatoms. The van der Waals surface area contributed by atoms with Gasteiger partial charge in [0.1, 0.15) is 0 Å². The van der Waals surface area contributed by atoms with Gasteiger partial charge in [-0.25, -0.2) is 4.39 Å². The minimum Gasteiger partial charge on any atom is -0.491 e. The minimum absolute atomic E-state index is 0.0498. The molecule has 0 aromatic heterocycles. The summed E-state index contributed by atoms with van der Waals surface area (Å²) >= 11 is 0. The molecule has 0 spiro atoms. The zero-order chi connectivity index (χ0) is 14.4. The maximum atomic E-state index is 13.6. The Morgan fingerprint density at radius 1 is 1.40 bits per heavy atom. The van der Waals surface area contributed by atoms with Gasteiger partial charge in [0, 0.05) is 17.8 Å². The SMILES string of the molecule is CCOc1ccc(NCC(=O)NC2CCCC2)cc1F. The zero-order valence-corrected chi connectivity index (χ0v) is 11.7. The van der Waals surface area contributed by atoms with E-state index >= 15 is 0 Å². The highest BCUT2D eigenvalue weighted by Crippen LogP contribution is 2.21. The second-order valence-electron chi connectivity index (χ2n) is 4.98. The van der Waals surface area contributed by atoms with Crippen molar-refractivity contribution in [1.82, 2.24) is 5.32 Å². The Balaban J connectivity index is 1.80. The molecular formula is C15H21FN2O2. The molecular weight excluding hydrogens is 259 g/mol. The highest BCUT2D eigenvalue weighted by Gasteiger charge is 2.16. The number of anilines is 1. The Labute approximate surface area is 118 Å². The summed E-state index contributed by atoms with van der Waals surface area (Å²) in [5, 5.41) is 5.90. The molecule has 1 aromatic rings. The van der Waals surface area contributed by atoms with Gasteiger partial charge in [-0.15, -0.1) is 0 Å². The lowest BCUT2D eigenvalue weighted by Crippen LogP contribution is -2.36. The van der Waals surface area contributed by atoms with Gasteiger partial charge in [-0.05, 0) is 31.9 Å². The summed E-state index contributed by atoms with van der Waals surface area (Å²) in [7, 11) is 0. The molecule has 0 aliphatic heterocycles. The van der Waals surface area contributed by atoms with Crippen molar-refractivity contribution in [2.24, 2.45) is 0 Å². The van der Waals surface area contributed by atoms with Gasteiger partial charge in [-0.3, -0.25) is 4.79 Å². The van der Waals surface area contributed by atoms with Gasteiger partial charge in [0.2, 0.25) is 5.91 Å². The Hall–Kier alpha value is -1.78. The van der Waals surface area contributed by atoms with Gasteiger partial charge in [0.05, 0.1) is 13.2 Å². The number of rotatable bonds is 6. The topological polar surface area (TPSA) is 50.4 Å². The molecule has 1 aliphatic carbocycles. The van der Waals surface area contributed by atoms with Crippen molar-refractivity contribution in [1.29, 1.82) is 0 Å². The van der Waals surface area contributed by atoms with E-state index in [1.807, 2.05) is 0 Å². The van der Waals surface area contributed by atoms with Gasteiger partial charge in [-0.1, -0.05) is 12.8 Å². The third-order valence-corrected chi connectivity index (χ3v) is 3.41. The zero-order valence-electron chi connectivity index (χ0n) is 11.7. The molecule has 0 atom stereocenters. The van der Waals surface area contributed by atoms with Crippen LogP contribution in [0.4, 0.5) is 10.1 Å². The Morgan fingerprint density at radius 2 is 2.15 bits per heavy atom. The van der Waals surface area contributed by atoms with Crippen molar-refractivity contribution in [3.8, 4) is 5.75 Å². The first-order valence-corrected chi connectivity index (χ1v) is 7.14. The quantitative estimate of drug-likeness (QED) is 0.842. The van der Waals surface area contributed by atoms with E-state index in [0.717, 1.165) is 12.8 Å². The van der Waals surface area contributed by atoms with E-state index < -0.39 is 5.82 Å². The summed E-state index contributed by atoms with van der Waals surface area (Å²) in [6.07, 6.45) is 4.48. The normalized spacial score (nSPS) is 15.1. The molecule has 1 aliphatic rings. The molecule has 1 aromatic carbocycles. The molecule has 2 N–H and O–H groups in total. The van der Waals surface area contributed by atoms with Crippen molar-refractivity contribution in [3.63, 3.8) is 0 Å². The number of benzene rings is 1. The summed E-state index contributed by atoms with van der Waals surface area (Å²) in [6.45, 7) is 2.39. The number of halogens is 1.